The monoisotopic (exact) mass is 322 g/mol. The molecule has 0 radical (unpaired) electrons. The van der Waals surface area contributed by atoms with E-state index in [-0.39, 0.29) is 12.2 Å². The van der Waals surface area contributed by atoms with Crippen molar-refractivity contribution in [3.8, 4) is 0 Å². The van der Waals surface area contributed by atoms with E-state index in [2.05, 4.69) is 5.48 Å². The molecule has 6 heteroatoms. The topological polar surface area (TPSA) is 50.8 Å². The van der Waals surface area contributed by atoms with Crippen molar-refractivity contribution in [2.75, 3.05) is 13.1 Å². The van der Waals surface area contributed by atoms with Crippen LogP contribution in [-0.2, 0) is 9.57 Å². The normalized spacial score (nSPS) is 20.9. The van der Waals surface area contributed by atoms with Gasteiger partial charge in [0.05, 0.1) is 18.8 Å². The number of likely N-dealkylation sites (tertiary alicyclic amines) is 1. The molecule has 0 aliphatic carbocycles. The van der Waals surface area contributed by atoms with Crippen molar-refractivity contribution in [1.29, 1.82) is 0 Å². The van der Waals surface area contributed by atoms with E-state index >= 15 is 0 Å². The zero-order valence-electron chi connectivity index (χ0n) is 12.9. The average Bonchev–Trinajstić information content (AvgIpc) is 2.97. The van der Waals surface area contributed by atoms with Crippen LogP contribution < -0.4 is 5.48 Å². The van der Waals surface area contributed by atoms with Crippen LogP contribution in [0.1, 0.15) is 26.3 Å². The van der Waals surface area contributed by atoms with Crippen LogP contribution in [-0.4, -0.2) is 35.8 Å². The van der Waals surface area contributed by atoms with Crippen molar-refractivity contribution in [2.45, 2.75) is 32.5 Å². The van der Waals surface area contributed by atoms with Crippen LogP contribution in [0, 0.1) is 0 Å². The van der Waals surface area contributed by atoms with Gasteiger partial charge in [-0.05, 0) is 32.9 Å². The molecule has 1 N–H and O–H groups in total. The minimum atomic E-state index is -0.499. The van der Waals surface area contributed by atoms with E-state index in [1.165, 1.54) is 0 Å². The van der Waals surface area contributed by atoms with Gasteiger partial charge in [0.15, 0.2) is 0 Å². The van der Waals surface area contributed by atoms with Crippen molar-refractivity contribution < 1.29 is 14.4 Å². The van der Waals surface area contributed by atoms with Crippen LogP contribution >= 0.6 is 11.6 Å². The molecular weight excluding hydrogens is 304 g/mol. The van der Waals surface area contributed by atoms with Crippen molar-refractivity contribution in [3.05, 3.63) is 40.4 Å². The molecule has 0 spiro atoms. The number of halogens is 1. The first-order valence-corrected chi connectivity index (χ1v) is 7.60. The summed E-state index contributed by atoms with van der Waals surface area (Å²) in [6, 6.07) is 7.53. The van der Waals surface area contributed by atoms with Gasteiger partial charge in [-0.2, -0.15) is 0 Å². The first-order chi connectivity index (χ1) is 10.3. The Labute approximate surface area is 134 Å². The van der Waals surface area contributed by atoms with E-state index < -0.39 is 5.60 Å². The van der Waals surface area contributed by atoms with E-state index in [4.69, 9.17) is 21.2 Å². The second-order valence-corrected chi connectivity index (χ2v) is 6.91. The van der Waals surface area contributed by atoms with Crippen LogP contribution in [0.15, 0.2) is 29.8 Å². The van der Waals surface area contributed by atoms with Crippen molar-refractivity contribution >= 4 is 23.4 Å². The second kappa shape index (κ2) is 5.48. The molecule has 0 aromatic heterocycles. The summed E-state index contributed by atoms with van der Waals surface area (Å²) in [5.74, 6) is 0. The lowest BCUT2D eigenvalue weighted by atomic mass is 10.1. The molecule has 2 heterocycles. The van der Waals surface area contributed by atoms with Gasteiger partial charge < -0.3 is 9.64 Å². The molecule has 1 atom stereocenters. The standard InChI is InChI=1S/C16H19ClN2O3/c1-16(2,3)21-15(20)19-8-12-13(9-19)22-18-14(12)10-4-6-11(17)7-5-10/h4-7,13,18H,8-9H2,1-3H3. The summed E-state index contributed by atoms with van der Waals surface area (Å²) in [4.78, 5) is 19.4. The average molecular weight is 323 g/mol. The fourth-order valence-corrected chi connectivity index (χ4v) is 2.68. The molecule has 1 saturated heterocycles. The molecule has 1 unspecified atom stereocenters. The van der Waals surface area contributed by atoms with Crippen LogP contribution in [0.2, 0.25) is 5.02 Å². The molecule has 2 aliphatic rings. The highest BCUT2D eigenvalue weighted by Gasteiger charge is 2.39. The second-order valence-electron chi connectivity index (χ2n) is 6.48. The Kier molecular flexibility index (Phi) is 3.78. The number of nitrogens with one attached hydrogen (secondary N) is 1. The fourth-order valence-electron chi connectivity index (χ4n) is 2.55. The molecule has 118 valence electrons. The van der Waals surface area contributed by atoms with Gasteiger partial charge in [0.1, 0.15) is 11.7 Å². The number of rotatable bonds is 1. The number of benzene rings is 1. The Hall–Kier alpha value is -1.72. The van der Waals surface area contributed by atoms with Gasteiger partial charge in [0, 0.05) is 16.2 Å². The molecule has 5 nitrogen and oxygen atoms in total. The lowest BCUT2D eigenvalue weighted by Gasteiger charge is -2.24. The minimum Gasteiger partial charge on any atom is -0.444 e. The zero-order valence-corrected chi connectivity index (χ0v) is 13.6. The molecule has 22 heavy (non-hydrogen) atoms. The fraction of sp³-hybridized carbons (Fsp3) is 0.438. The third-order valence-electron chi connectivity index (χ3n) is 3.55. The SMILES string of the molecule is CC(C)(C)OC(=O)N1CC2=C(c3ccc(Cl)cc3)NOC2C1. The van der Waals surface area contributed by atoms with E-state index in [0.29, 0.717) is 18.1 Å². The summed E-state index contributed by atoms with van der Waals surface area (Å²) < 4.78 is 5.41. The number of hydrogen-bond acceptors (Lipinski definition) is 4. The lowest BCUT2D eigenvalue weighted by Crippen LogP contribution is -2.36. The lowest BCUT2D eigenvalue weighted by molar-refractivity contribution is 0.0146. The summed E-state index contributed by atoms with van der Waals surface area (Å²) >= 11 is 5.92. The number of ether oxygens (including phenoxy) is 1. The van der Waals surface area contributed by atoms with Gasteiger partial charge >= 0.3 is 6.09 Å². The summed E-state index contributed by atoms with van der Waals surface area (Å²) in [6.45, 7) is 6.58. The molecule has 1 aromatic carbocycles. The Bertz CT molecular complexity index is 619. The molecule has 1 amide bonds. The number of fused-ring (bicyclic) bond motifs is 1. The van der Waals surface area contributed by atoms with Crippen LogP contribution in [0.4, 0.5) is 4.79 Å². The van der Waals surface area contributed by atoms with Crippen molar-refractivity contribution in [1.82, 2.24) is 10.4 Å². The number of amides is 1. The Morgan fingerprint density at radius 2 is 2.05 bits per heavy atom. The maximum absolute atomic E-state index is 12.2. The van der Waals surface area contributed by atoms with Gasteiger partial charge in [-0.1, -0.05) is 23.7 Å². The summed E-state index contributed by atoms with van der Waals surface area (Å²) in [6.07, 6.45) is -0.438. The van der Waals surface area contributed by atoms with E-state index in [1.807, 2.05) is 45.0 Å². The number of carbonyl (C=O) groups is 1. The van der Waals surface area contributed by atoms with Gasteiger partial charge in [-0.25, -0.2) is 4.79 Å². The van der Waals surface area contributed by atoms with Gasteiger partial charge in [0.25, 0.3) is 0 Å². The quantitative estimate of drug-likeness (QED) is 0.862. The largest absolute Gasteiger partial charge is 0.444 e. The Balaban J connectivity index is 1.79. The predicted molar refractivity (Wildman–Crippen MR) is 84.2 cm³/mol. The molecule has 1 aromatic rings. The minimum absolute atomic E-state index is 0.127. The summed E-state index contributed by atoms with van der Waals surface area (Å²) in [5, 5.41) is 0.687. The smallest absolute Gasteiger partial charge is 0.410 e. The van der Waals surface area contributed by atoms with Crippen LogP contribution in [0.3, 0.4) is 0 Å². The zero-order chi connectivity index (χ0) is 15.9. The van der Waals surface area contributed by atoms with Crippen molar-refractivity contribution in [3.63, 3.8) is 0 Å². The molecule has 0 bridgehead atoms. The van der Waals surface area contributed by atoms with Gasteiger partial charge in [0.2, 0.25) is 0 Å². The first-order valence-electron chi connectivity index (χ1n) is 7.22. The number of hydroxylamine groups is 1. The van der Waals surface area contributed by atoms with Crippen LogP contribution in [0.25, 0.3) is 5.70 Å². The number of carbonyl (C=O) groups excluding carboxylic acids is 1. The molecule has 1 fully saturated rings. The predicted octanol–water partition coefficient (Wildman–Crippen LogP) is 3.21. The third-order valence-corrected chi connectivity index (χ3v) is 3.80. The Morgan fingerprint density at radius 1 is 1.36 bits per heavy atom. The van der Waals surface area contributed by atoms with E-state index in [1.54, 1.807) is 4.90 Å². The van der Waals surface area contributed by atoms with Crippen LogP contribution in [0.5, 0.6) is 0 Å². The highest BCUT2D eigenvalue weighted by molar-refractivity contribution is 6.30. The summed E-state index contributed by atoms with van der Waals surface area (Å²) in [5.41, 5.74) is 5.43. The third kappa shape index (κ3) is 3.05. The van der Waals surface area contributed by atoms with Gasteiger partial charge in [-0.3, -0.25) is 10.3 Å². The number of hydrogen-bond donors (Lipinski definition) is 1. The molecular formula is C16H19ClN2O3. The Morgan fingerprint density at radius 3 is 2.68 bits per heavy atom. The summed E-state index contributed by atoms with van der Waals surface area (Å²) in [7, 11) is 0. The van der Waals surface area contributed by atoms with Crippen molar-refractivity contribution in [2.24, 2.45) is 0 Å². The molecule has 2 aliphatic heterocycles. The molecule has 3 rings (SSSR count). The molecule has 0 saturated carbocycles. The maximum atomic E-state index is 12.2. The van der Waals surface area contributed by atoms with E-state index in [0.717, 1.165) is 16.8 Å². The highest BCUT2D eigenvalue weighted by Crippen LogP contribution is 2.32. The van der Waals surface area contributed by atoms with Gasteiger partial charge in [-0.15, -0.1) is 0 Å². The van der Waals surface area contributed by atoms with E-state index in [9.17, 15) is 4.79 Å². The number of nitrogens with zero attached hydrogens (tertiary/aromatic N) is 1. The maximum Gasteiger partial charge on any atom is 0.410 e. The highest BCUT2D eigenvalue weighted by atomic mass is 35.5. The first kappa shape index (κ1) is 15.2.